The number of aromatic nitrogens is 3. The van der Waals surface area contributed by atoms with Crippen molar-refractivity contribution < 1.29 is 18.7 Å². The summed E-state index contributed by atoms with van der Waals surface area (Å²) >= 11 is 0. The fourth-order valence-corrected chi connectivity index (χ4v) is 4.47. The van der Waals surface area contributed by atoms with E-state index in [1.165, 1.54) is 30.1 Å². The van der Waals surface area contributed by atoms with Gasteiger partial charge >= 0.3 is 0 Å². The maximum Gasteiger partial charge on any atom is 0.272 e. The number of hydrogen-bond acceptors (Lipinski definition) is 6. The molecule has 1 fully saturated rings. The fourth-order valence-electron chi connectivity index (χ4n) is 4.47. The van der Waals surface area contributed by atoms with Crippen LogP contribution in [-0.4, -0.2) is 56.9 Å². The molecule has 5 rings (SSSR count). The third kappa shape index (κ3) is 4.76. The molecule has 2 amide bonds. The van der Waals surface area contributed by atoms with Crippen molar-refractivity contribution in [2.45, 2.75) is 19.9 Å². The van der Waals surface area contributed by atoms with Crippen LogP contribution in [0.1, 0.15) is 34.8 Å². The van der Waals surface area contributed by atoms with Gasteiger partial charge in [0.2, 0.25) is 5.91 Å². The summed E-state index contributed by atoms with van der Waals surface area (Å²) < 4.78 is 22.1. The normalized spacial score (nSPS) is 14.9. The predicted octanol–water partition coefficient (Wildman–Crippen LogP) is 3.27. The van der Waals surface area contributed by atoms with Crippen LogP contribution in [-0.2, 0) is 23.1 Å². The first-order chi connectivity index (χ1) is 18.2. The average molecular weight is 515 g/mol. The van der Waals surface area contributed by atoms with Crippen LogP contribution in [0.5, 0.6) is 0 Å². The van der Waals surface area contributed by atoms with E-state index in [-0.39, 0.29) is 23.9 Å². The molecule has 2 N–H and O–H groups in total. The minimum atomic E-state index is -0.510. The molecule has 4 aromatic rings. The van der Waals surface area contributed by atoms with Gasteiger partial charge in [-0.15, -0.1) is 0 Å². The number of nitrogens with two attached hydrogens (primary N) is 1. The lowest BCUT2D eigenvalue weighted by Crippen LogP contribution is -2.46. The van der Waals surface area contributed by atoms with Crippen molar-refractivity contribution in [1.82, 2.24) is 24.8 Å². The first-order valence-electron chi connectivity index (χ1n) is 12.2. The highest BCUT2D eigenvalue weighted by Gasteiger charge is 2.25. The zero-order valence-corrected chi connectivity index (χ0v) is 21.4. The number of fused-ring (bicyclic) bond motifs is 3. The van der Waals surface area contributed by atoms with Gasteiger partial charge in [0, 0.05) is 55.6 Å². The van der Waals surface area contributed by atoms with E-state index in [9.17, 15) is 9.59 Å². The number of carbonyl (C=O) groups is 2. The summed E-state index contributed by atoms with van der Waals surface area (Å²) in [7, 11) is 3.26. The third-order valence-corrected chi connectivity index (χ3v) is 6.73. The van der Waals surface area contributed by atoms with Gasteiger partial charge in [0.05, 0.1) is 35.8 Å². The number of ether oxygens (including phenoxy) is 1. The molecular weight excluding hydrogens is 487 g/mol. The third-order valence-electron chi connectivity index (χ3n) is 6.73. The molecule has 1 aliphatic rings. The topological polar surface area (TPSA) is 107 Å². The highest BCUT2D eigenvalue weighted by molar-refractivity contribution is 6.10. The van der Waals surface area contributed by atoms with Crippen LogP contribution >= 0.6 is 0 Å². The molecule has 1 unspecified atom stereocenters. The van der Waals surface area contributed by atoms with E-state index in [0.717, 1.165) is 11.9 Å². The van der Waals surface area contributed by atoms with E-state index in [1.54, 1.807) is 48.3 Å². The SMILES string of the molecule is CC(=O)N(C)N(Cc1ccc(C#CC2CCOC2)cc1F)C(=O)c1ccc2nc(N)c3cnn(C)c3c2c1. The Kier molecular flexibility index (Phi) is 6.70. The molecule has 1 atom stereocenters. The summed E-state index contributed by atoms with van der Waals surface area (Å²) in [4.78, 5) is 30.4. The minimum absolute atomic E-state index is 0.149. The lowest BCUT2D eigenvalue weighted by Gasteiger charge is -2.31. The molecule has 0 bridgehead atoms. The molecule has 0 aliphatic carbocycles. The number of carbonyl (C=O) groups excluding carboxylic acids is 2. The highest BCUT2D eigenvalue weighted by atomic mass is 19.1. The summed E-state index contributed by atoms with van der Waals surface area (Å²) in [6, 6.07) is 9.65. The number of halogens is 1. The number of hydrazine groups is 1. The van der Waals surface area contributed by atoms with Crippen molar-refractivity contribution in [2.75, 3.05) is 26.0 Å². The smallest absolute Gasteiger partial charge is 0.272 e. The van der Waals surface area contributed by atoms with Crippen molar-refractivity contribution in [2.24, 2.45) is 13.0 Å². The Bertz CT molecular complexity index is 1630. The molecular formula is C28H27FN6O3. The van der Waals surface area contributed by atoms with Crippen molar-refractivity contribution in [3.05, 3.63) is 65.1 Å². The van der Waals surface area contributed by atoms with Gasteiger partial charge < -0.3 is 10.5 Å². The quantitative estimate of drug-likeness (QED) is 0.332. The van der Waals surface area contributed by atoms with Gasteiger partial charge in [0.25, 0.3) is 5.91 Å². The first kappa shape index (κ1) is 25.2. The summed E-state index contributed by atoms with van der Waals surface area (Å²) in [5, 5.41) is 8.03. The molecule has 3 heterocycles. The van der Waals surface area contributed by atoms with E-state index in [2.05, 4.69) is 21.9 Å². The Morgan fingerprint density at radius 3 is 2.76 bits per heavy atom. The van der Waals surface area contributed by atoms with Gasteiger partial charge in [-0.25, -0.2) is 14.4 Å². The van der Waals surface area contributed by atoms with Crippen molar-refractivity contribution in [3.8, 4) is 11.8 Å². The largest absolute Gasteiger partial charge is 0.383 e. The van der Waals surface area contributed by atoms with E-state index < -0.39 is 11.7 Å². The second-order valence-electron chi connectivity index (χ2n) is 9.30. The Balaban J connectivity index is 1.47. The fraction of sp³-hybridized carbons (Fsp3) is 0.286. The Morgan fingerprint density at radius 2 is 2.05 bits per heavy atom. The molecule has 2 aromatic carbocycles. The van der Waals surface area contributed by atoms with Crippen LogP contribution in [0.25, 0.3) is 21.8 Å². The number of benzene rings is 2. The second-order valence-corrected chi connectivity index (χ2v) is 9.30. The van der Waals surface area contributed by atoms with Gasteiger partial charge in [-0.05, 0) is 36.8 Å². The molecule has 1 saturated heterocycles. The molecule has 38 heavy (non-hydrogen) atoms. The maximum atomic E-state index is 15.1. The predicted molar refractivity (Wildman–Crippen MR) is 141 cm³/mol. The lowest BCUT2D eigenvalue weighted by atomic mass is 10.1. The van der Waals surface area contributed by atoms with Gasteiger partial charge in [-0.1, -0.05) is 17.9 Å². The molecule has 194 valence electrons. The van der Waals surface area contributed by atoms with Gasteiger partial charge in [0.1, 0.15) is 11.6 Å². The Labute approximate surface area is 218 Å². The summed E-state index contributed by atoms with van der Waals surface area (Å²) in [5.41, 5.74) is 8.53. The number of nitrogen functional groups attached to an aromatic ring is 1. The van der Waals surface area contributed by atoms with E-state index >= 15 is 4.39 Å². The molecule has 2 aromatic heterocycles. The zero-order valence-electron chi connectivity index (χ0n) is 21.4. The number of anilines is 1. The van der Waals surface area contributed by atoms with Crippen molar-refractivity contribution in [3.63, 3.8) is 0 Å². The summed E-state index contributed by atoms with van der Waals surface area (Å²) in [5.74, 6) is 5.25. The van der Waals surface area contributed by atoms with Crippen LogP contribution in [0.3, 0.4) is 0 Å². The number of rotatable bonds is 3. The second kappa shape index (κ2) is 10.1. The molecule has 10 heteroatoms. The van der Waals surface area contributed by atoms with Gasteiger partial charge in [0.15, 0.2) is 0 Å². The van der Waals surface area contributed by atoms with Crippen LogP contribution in [0.2, 0.25) is 0 Å². The minimum Gasteiger partial charge on any atom is -0.383 e. The maximum absolute atomic E-state index is 15.1. The lowest BCUT2D eigenvalue weighted by molar-refractivity contribution is -0.140. The van der Waals surface area contributed by atoms with Gasteiger partial charge in [-0.2, -0.15) is 5.10 Å². The highest BCUT2D eigenvalue weighted by Crippen LogP contribution is 2.29. The number of amides is 2. The van der Waals surface area contributed by atoms with Gasteiger partial charge in [-0.3, -0.25) is 19.3 Å². The molecule has 9 nitrogen and oxygen atoms in total. The van der Waals surface area contributed by atoms with Crippen molar-refractivity contribution in [1.29, 1.82) is 0 Å². The van der Waals surface area contributed by atoms with Crippen LogP contribution in [0.4, 0.5) is 10.2 Å². The molecule has 0 spiro atoms. The zero-order chi connectivity index (χ0) is 27.0. The van der Waals surface area contributed by atoms with Crippen LogP contribution in [0, 0.1) is 23.6 Å². The van der Waals surface area contributed by atoms with Crippen LogP contribution < -0.4 is 5.73 Å². The summed E-state index contributed by atoms with van der Waals surface area (Å²) in [6.07, 6.45) is 2.49. The first-order valence-corrected chi connectivity index (χ1v) is 12.2. The van der Waals surface area contributed by atoms with E-state index in [1.807, 2.05) is 0 Å². The van der Waals surface area contributed by atoms with E-state index in [0.29, 0.717) is 46.4 Å². The van der Waals surface area contributed by atoms with Crippen LogP contribution in [0.15, 0.2) is 42.6 Å². The Hall–Kier alpha value is -4.49. The average Bonchev–Trinajstić information content (AvgIpc) is 3.56. The number of hydrogen-bond donors (Lipinski definition) is 1. The molecule has 0 saturated carbocycles. The number of pyridine rings is 1. The number of aryl methyl sites for hydroxylation is 1. The van der Waals surface area contributed by atoms with Crippen molar-refractivity contribution >= 4 is 39.4 Å². The Morgan fingerprint density at radius 1 is 1.24 bits per heavy atom. The van der Waals surface area contributed by atoms with E-state index in [4.69, 9.17) is 10.5 Å². The monoisotopic (exact) mass is 514 g/mol. The molecule has 0 radical (unpaired) electrons. The standard InChI is InChI=1S/C28H27FN6O3/c1-17(36)34(3)35(15-21-7-6-18(12-24(21)29)4-5-19-10-11-38-16-19)28(37)20-8-9-25-22(13-20)26-23(27(30)32-25)14-31-33(26)2/h6-9,12-14,19H,10-11,15-16H2,1-3H3,(H2,30,32). The molecule has 1 aliphatic heterocycles. The number of nitrogens with zero attached hydrogens (tertiary/aromatic N) is 5. The summed E-state index contributed by atoms with van der Waals surface area (Å²) in [6.45, 7) is 2.47.